The number of aromatic amines is 1. The fourth-order valence-electron chi connectivity index (χ4n) is 1.30. The average Bonchev–Trinajstić information content (AvgIpc) is 2.20. The molecule has 1 atom stereocenters. The summed E-state index contributed by atoms with van der Waals surface area (Å²) >= 11 is 0. The molecular formula is C9H13N3O4. The molecule has 1 aromatic rings. The molecule has 7 heteroatoms. The molecule has 7 nitrogen and oxygen atoms in total. The fraction of sp³-hybridized carbons (Fsp3) is 0.444. The largest absolute Gasteiger partial charge is 0.396 e. The van der Waals surface area contributed by atoms with Crippen molar-refractivity contribution in [2.45, 2.75) is 13.0 Å². The molecule has 1 amide bonds. The number of nitrogens with two attached hydrogens (primary N) is 1. The van der Waals surface area contributed by atoms with Crippen molar-refractivity contribution in [1.82, 2.24) is 9.55 Å². The lowest BCUT2D eigenvalue weighted by Crippen LogP contribution is -2.35. The standard InChI is InChI=1S/C9H13N3O4/c10-8(15)6(2-4-13)5-12-3-1-7(14)11-9(12)16/h1,3,6,13H,2,4-5H2,(H2,10,15)(H,11,14,16). The quantitative estimate of drug-likeness (QED) is 0.540. The molecule has 0 aliphatic heterocycles. The number of hydrogen-bond acceptors (Lipinski definition) is 4. The SMILES string of the molecule is NC(=O)C(CCO)Cn1ccc(=O)[nH]c1=O. The van der Waals surface area contributed by atoms with Gasteiger partial charge in [-0.05, 0) is 6.42 Å². The van der Waals surface area contributed by atoms with Crippen LogP contribution >= 0.6 is 0 Å². The number of aliphatic hydroxyl groups excluding tert-OH is 1. The van der Waals surface area contributed by atoms with E-state index in [9.17, 15) is 14.4 Å². The smallest absolute Gasteiger partial charge is 0.328 e. The third kappa shape index (κ3) is 3.06. The third-order valence-electron chi connectivity index (χ3n) is 2.19. The second-order valence-electron chi connectivity index (χ2n) is 3.37. The molecule has 0 aliphatic rings. The number of H-pyrrole nitrogens is 1. The van der Waals surface area contributed by atoms with Crippen LogP contribution in [0.2, 0.25) is 0 Å². The summed E-state index contributed by atoms with van der Waals surface area (Å²) in [5.41, 5.74) is 4.01. The van der Waals surface area contributed by atoms with E-state index in [4.69, 9.17) is 10.8 Å². The summed E-state index contributed by atoms with van der Waals surface area (Å²) in [4.78, 5) is 35.1. The second-order valence-corrected chi connectivity index (χ2v) is 3.37. The molecule has 1 aromatic heterocycles. The molecule has 88 valence electrons. The van der Waals surface area contributed by atoms with Gasteiger partial charge in [-0.15, -0.1) is 0 Å². The van der Waals surface area contributed by atoms with E-state index in [-0.39, 0.29) is 19.6 Å². The summed E-state index contributed by atoms with van der Waals surface area (Å²) in [6.45, 7) is -0.142. The van der Waals surface area contributed by atoms with Crippen LogP contribution in [0, 0.1) is 5.92 Å². The minimum Gasteiger partial charge on any atom is -0.396 e. The lowest BCUT2D eigenvalue weighted by atomic mass is 10.1. The first-order chi connectivity index (χ1) is 7.54. The van der Waals surface area contributed by atoms with Crippen molar-refractivity contribution in [3.8, 4) is 0 Å². The van der Waals surface area contributed by atoms with Crippen LogP contribution in [-0.4, -0.2) is 27.2 Å². The molecule has 1 heterocycles. The van der Waals surface area contributed by atoms with Gasteiger partial charge in [0.1, 0.15) is 0 Å². The highest BCUT2D eigenvalue weighted by Gasteiger charge is 2.15. The Labute approximate surface area is 90.5 Å². The fourth-order valence-corrected chi connectivity index (χ4v) is 1.30. The van der Waals surface area contributed by atoms with Crippen molar-refractivity contribution in [3.63, 3.8) is 0 Å². The molecule has 1 rings (SSSR count). The lowest BCUT2D eigenvalue weighted by molar-refractivity contribution is -0.122. The highest BCUT2D eigenvalue weighted by atomic mass is 16.3. The van der Waals surface area contributed by atoms with Gasteiger partial charge in [-0.3, -0.25) is 19.1 Å². The number of aliphatic hydroxyl groups is 1. The zero-order valence-corrected chi connectivity index (χ0v) is 8.55. The number of carbonyl (C=O) groups is 1. The maximum Gasteiger partial charge on any atom is 0.328 e. The lowest BCUT2D eigenvalue weighted by Gasteiger charge is -2.12. The molecule has 0 fully saturated rings. The van der Waals surface area contributed by atoms with Gasteiger partial charge in [0.15, 0.2) is 0 Å². The third-order valence-corrected chi connectivity index (χ3v) is 2.19. The number of aromatic nitrogens is 2. The predicted molar refractivity (Wildman–Crippen MR) is 55.7 cm³/mol. The molecule has 16 heavy (non-hydrogen) atoms. The zero-order valence-electron chi connectivity index (χ0n) is 8.55. The van der Waals surface area contributed by atoms with Gasteiger partial charge in [-0.2, -0.15) is 0 Å². The Bertz CT molecular complexity index is 476. The average molecular weight is 227 g/mol. The van der Waals surface area contributed by atoms with E-state index >= 15 is 0 Å². The zero-order chi connectivity index (χ0) is 12.1. The van der Waals surface area contributed by atoms with E-state index in [1.165, 1.54) is 16.8 Å². The van der Waals surface area contributed by atoms with Gasteiger partial charge < -0.3 is 10.8 Å². The Kier molecular flexibility index (Phi) is 4.01. The highest BCUT2D eigenvalue weighted by Crippen LogP contribution is 2.03. The van der Waals surface area contributed by atoms with Crippen LogP contribution in [-0.2, 0) is 11.3 Å². The Morgan fingerprint density at radius 1 is 1.56 bits per heavy atom. The molecule has 1 unspecified atom stereocenters. The maximum atomic E-state index is 11.3. The summed E-state index contributed by atoms with van der Waals surface area (Å²) in [6.07, 6.45) is 1.47. The first-order valence-corrected chi connectivity index (χ1v) is 4.74. The Balaban J connectivity index is 2.89. The van der Waals surface area contributed by atoms with Crippen LogP contribution in [0.4, 0.5) is 0 Å². The summed E-state index contributed by atoms with van der Waals surface area (Å²) in [5.74, 6) is -1.22. The van der Waals surface area contributed by atoms with Crippen LogP contribution in [0.5, 0.6) is 0 Å². The van der Waals surface area contributed by atoms with Gasteiger partial charge >= 0.3 is 5.69 Å². The first-order valence-electron chi connectivity index (χ1n) is 4.74. The summed E-state index contributed by atoms with van der Waals surface area (Å²) in [6, 6.07) is 1.18. The molecule has 0 aliphatic carbocycles. The molecule has 0 bridgehead atoms. The molecule has 0 saturated heterocycles. The Morgan fingerprint density at radius 2 is 2.25 bits per heavy atom. The number of nitrogens with one attached hydrogen (secondary N) is 1. The number of nitrogens with zero attached hydrogens (tertiary/aromatic N) is 1. The molecule has 0 spiro atoms. The van der Waals surface area contributed by atoms with E-state index in [0.29, 0.717) is 0 Å². The van der Waals surface area contributed by atoms with E-state index < -0.39 is 23.1 Å². The van der Waals surface area contributed by atoms with Crippen molar-refractivity contribution in [2.75, 3.05) is 6.61 Å². The van der Waals surface area contributed by atoms with Crippen molar-refractivity contribution in [1.29, 1.82) is 0 Å². The van der Waals surface area contributed by atoms with Gasteiger partial charge in [-0.1, -0.05) is 0 Å². The molecule has 0 radical (unpaired) electrons. The van der Waals surface area contributed by atoms with Crippen LogP contribution in [0.15, 0.2) is 21.9 Å². The normalized spacial score (nSPS) is 12.3. The maximum absolute atomic E-state index is 11.3. The van der Waals surface area contributed by atoms with Crippen LogP contribution in [0.3, 0.4) is 0 Å². The van der Waals surface area contributed by atoms with Gasteiger partial charge in [0.05, 0.1) is 5.92 Å². The number of primary amides is 1. The van der Waals surface area contributed by atoms with Crippen molar-refractivity contribution >= 4 is 5.91 Å². The van der Waals surface area contributed by atoms with E-state index in [1.807, 2.05) is 0 Å². The second kappa shape index (κ2) is 5.26. The van der Waals surface area contributed by atoms with Crippen LogP contribution in [0.1, 0.15) is 6.42 Å². The number of rotatable bonds is 5. The first kappa shape index (κ1) is 12.2. The molecule has 4 N–H and O–H groups in total. The van der Waals surface area contributed by atoms with Crippen LogP contribution in [0.25, 0.3) is 0 Å². The Hall–Kier alpha value is -1.89. The van der Waals surface area contributed by atoms with Crippen molar-refractivity contribution in [2.24, 2.45) is 11.7 Å². The highest BCUT2D eigenvalue weighted by molar-refractivity contribution is 5.76. The number of amides is 1. The Morgan fingerprint density at radius 3 is 2.75 bits per heavy atom. The minimum atomic E-state index is -0.631. The van der Waals surface area contributed by atoms with Crippen molar-refractivity contribution < 1.29 is 9.90 Å². The van der Waals surface area contributed by atoms with E-state index in [0.717, 1.165) is 0 Å². The summed E-state index contributed by atoms with van der Waals surface area (Å²) in [7, 11) is 0. The van der Waals surface area contributed by atoms with Gasteiger partial charge in [0.25, 0.3) is 5.56 Å². The minimum absolute atomic E-state index is 0.0471. The van der Waals surface area contributed by atoms with Gasteiger partial charge in [-0.25, -0.2) is 4.79 Å². The summed E-state index contributed by atoms with van der Waals surface area (Å²) in [5, 5.41) is 8.72. The van der Waals surface area contributed by atoms with E-state index in [2.05, 4.69) is 4.98 Å². The molecule has 0 aromatic carbocycles. The van der Waals surface area contributed by atoms with Gasteiger partial charge in [0, 0.05) is 25.4 Å². The topological polar surface area (TPSA) is 118 Å². The number of hydrogen-bond donors (Lipinski definition) is 3. The molecular weight excluding hydrogens is 214 g/mol. The monoisotopic (exact) mass is 227 g/mol. The van der Waals surface area contributed by atoms with E-state index in [1.54, 1.807) is 0 Å². The predicted octanol–water partition coefficient (Wildman–Crippen LogP) is -1.98. The summed E-state index contributed by atoms with van der Waals surface area (Å²) < 4.78 is 1.17. The number of carbonyl (C=O) groups excluding carboxylic acids is 1. The van der Waals surface area contributed by atoms with Crippen LogP contribution < -0.4 is 17.0 Å². The van der Waals surface area contributed by atoms with Gasteiger partial charge in [0.2, 0.25) is 5.91 Å². The van der Waals surface area contributed by atoms with Crippen molar-refractivity contribution in [3.05, 3.63) is 33.1 Å². The molecule has 0 saturated carbocycles.